The molecule has 6 nitrogen and oxygen atoms in total. The minimum absolute atomic E-state index is 0.190. The van der Waals surface area contributed by atoms with Crippen LogP contribution in [0.4, 0.5) is 9.18 Å². The minimum atomic E-state index is -0.589. The first-order valence-electron chi connectivity index (χ1n) is 11.6. The van der Waals surface area contributed by atoms with Gasteiger partial charge in [-0.25, -0.2) is 14.2 Å². The second-order valence-electron chi connectivity index (χ2n) is 9.92. The summed E-state index contributed by atoms with van der Waals surface area (Å²) in [7, 11) is 0. The maximum Gasteiger partial charge on any atom is 0.407 e. The van der Waals surface area contributed by atoms with Crippen LogP contribution in [0.15, 0.2) is 46.0 Å². The summed E-state index contributed by atoms with van der Waals surface area (Å²) in [5.74, 6) is 7.44. The highest BCUT2D eigenvalue weighted by molar-refractivity contribution is 7.11. The highest BCUT2D eigenvalue weighted by Gasteiger charge is 2.40. The second-order valence-corrected chi connectivity index (χ2v) is 11.2. The molecule has 3 heterocycles. The van der Waals surface area contributed by atoms with Gasteiger partial charge < -0.3 is 15.0 Å². The highest BCUT2D eigenvalue weighted by Crippen LogP contribution is 2.42. The fourth-order valence-electron chi connectivity index (χ4n) is 4.19. The van der Waals surface area contributed by atoms with E-state index in [4.69, 9.17) is 21.3 Å². The number of nitrogens with zero attached hydrogens (tertiary/aromatic N) is 3. The van der Waals surface area contributed by atoms with Crippen LogP contribution in [0.5, 0.6) is 0 Å². The van der Waals surface area contributed by atoms with Crippen molar-refractivity contribution in [2.45, 2.75) is 57.7 Å². The zero-order valence-corrected chi connectivity index (χ0v) is 21.3. The molecule has 1 saturated carbocycles. The molecule has 2 aliphatic heterocycles. The topological polar surface area (TPSA) is 66.8 Å². The van der Waals surface area contributed by atoms with E-state index in [1.165, 1.54) is 23.5 Å². The van der Waals surface area contributed by atoms with E-state index in [0.29, 0.717) is 35.3 Å². The number of hydrogen-bond acceptors (Lipinski definition) is 6. The summed E-state index contributed by atoms with van der Waals surface area (Å²) in [6, 6.07) is 3.70. The van der Waals surface area contributed by atoms with E-state index < -0.39 is 23.6 Å². The number of rotatable bonds is 3. The summed E-state index contributed by atoms with van der Waals surface area (Å²) in [4.78, 5) is 24.1. The second kappa shape index (κ2) is 9.29. The number of carbonyl (C=O) groups excluding carboxylic acids is 1. The predicted octanol–water partition coefficient (Wildman–Crippen LogP) is 5.70. The number of thiazole rings is 1. The predicted molar refractivity (Wildman–Crippen MR) is 135 cm³/mol. The van der Waals surface area contributed by atoms with Gasteiger partial charge >= 0.3 is 6.09 Å². The number of halogens is 2. The van der Waals surface area contributed by atoms with Crippen LogP contribution in [0.3, 0.4) is 0 Å². The number of hydrogen-bond donors (Lipinski definition) is 1. The fraction of sp³-hybridized carbons (Fsp3) is 0.423. The van der Waals surface area contributed by atoms with E-state index in [0.717, 1.165) is 29.1 Å². The van der Waals surface area contributed by atoms with Gasteiger partial charge in [-0.3, -0.25) is 4.99 Å². The lowest BCUT2D eigenvalue weighted by atomic mass is 9.94. The van der Waals surface area contributed by atoms with Gasteiger partial charge in [-0.05, 0) is 45.7 Å². The molecule has 5 rings (SSSR count). The smallest absolute Gasteiger partial charge is 0.407 e. The van der Waals surface area contributed by atoms with Gasteiger partial charge in [0.1, 0.15) is 17.5 Å². The molecule has 1 aromatic carbocycles. The number of amidine groups is 1. The monoisotopic (exact) mass is 512 g/mol. The summed E-state index contributed by atoms with van der Waals surface area (Å²) in [6.45, 7) is 6.03. The average molecular weight is 513 g/mol. The van der Waals surface area contributed by atoms with Crippen LogP contribution >= 0.6 is 22.9 Å². The molecular formula is C26H26ClFN4O2S. The number of alkyl carbamates (subject to hydrolysis) is 1. The molecule has 1 aromatic heterocycles. The van der Waals surface area contributed by atoms with Crippen molar-refractivity contribution < 1.29 is 13.9 Å². The van der Waals surface area contributed by atoms with Gasteiger partial charge in [0.05, 0.1) is 11.6 Å². The third-order valence-corrected chi connectivity index (χ3v) is 6.95. The molecule has 0 spiro atoms. The lowest BCUT2D eigenvalue weighted by molar-refractivity contribution is 0.0507. The third-order valence-electron chi connectivity index (χ3n) is 5.85. The van der Waals surface area contributed by atoms with Gasteiger partial charge in [-0.2, -0.15) is 0 Å². The summed E-state index contributed by atoms with van der Waals surface area (Å²) in [5, 5.41) is 5.96. The molecule has 0 radical (unpaired) electrons. The van der Waals surface area contributed by atoms with Gasteiger partial charge in [0.25, 0.3) is 0 Å². The van der Waals surface area contributed by atoms with Gasteiger partial charge in [-0.1, -0.05) is 29.5 Å². The van der Waals surface area contributed by atoms with Gasteiger partial charge in [0, 0.05) is 46.7 Å². The van der Waals surface area contributed by atoms with Crippen LogP contribution in [0.25, 0.3) is 0 Å². The lowest BCUT2D eigenvalue weighted by Crippen LogP contribution is -2.41. The highest BCUT2D eigenvalue weighted by atomic mass is 35.5. The van der Waals surface area contributed by atoms with Crippen LogP contribution in [-0.4, -0.2) is 40.0 Å². The van der Waals surface area contributed by atoms with Crippen molar-refractivity contribution in [1.29, 1.82) is 0 Å². The molecule has 2 fully saturated rings. The number of fused-ring (bicyclic) bond motifs is 1. The molecule has 1 aliphatic carbocycles. The first kappa shape index (κ1) is 23.8. The van der Waals surface area contributed by atoms with Crippen molar-refractivity contribution in [2.75, 3.05) is 6.54 Å². The number of aromatic nitrogens is 1. The van der Waals surface area contributed by atoms with Crippen molar-refractivity contribution in [2.24, 2.45) is 10.9 Å². The van der Waals surface area contributed by atoms with Crippen molar-refractivity contribution in [3.8, 4) is 11.8 Å². The number of amides is 1. The fourth-order valence-corrected chi connectivity index (χ4v) is 5.11. The molecule has 2 atom stereocenters. The Hall–Kier alpha value is -2.89. The Kier molecular flexibility index (Phi) is 6.32. The van der Waals surface area contributed by atoms with Crippen molar-refractivity contribution in [3.63, 3.8) is 0 Å². The molecule has 0 bridgehead atoms. The molecule has 35 heavy (non-hydrogen) atoms. The van der Waals surface area contributed by atoms with Crippen molar-refractivity contribution >= 4 is 34.9 Å². The van der Waals surface area contributed by atoms with Crippen LogP contribution in [0.2, 0.25) is 5.02 Å². The Labute approximate surface area is 213 Å². The molecule has 2 unspecified atom stereocenters. The molecule has 1 N–H and O–H groups in total. The zero-order valence-electron chi connectivity index (χ0n) is 19.8. The van der Waals surface area contributed by atoms with Crippen LogP contribution in [0.1, 0.15) is 56.6 Å². The lowest BCUT2D eigenvalue weighted by Gasteiger charge is -2.31. The van der Waals surface area contributed by atoms with E-state index in [-0.39, 0.29) is 6.04 Å². The number of aliphatic imine (C=N–C) groups is 1. The Morgan fingerprint density at radius 1 is 1.34 bits per heavy atom. The summed E-state index contributed by atoms with van der Waals surface area (Å²) >= 11 is 7.99. The largest absolute Gasteiger partial charge is 0.444 e. The van der Waals surface area contributed by atoms with E-state index >= 15 is 0 Å². The Morgan fingerprint density at radius 2 is 2.14 bits per heavy atom. The average Bonchev–Trinajstić information content (AvgIpc) is 3.25. The number of carbonyl (C=O) groups is 1. The van der Waals surface area contributed by atoms with Crippen LogP contribution < -0.4 is 5.32 Å². The quantitative estimate of drug-likeness (QED) is 0.535. The van der Waals surface area contributed by atoms with E-state index in [1.807, 2.05) is 26.2 Å². The zero-order chi connectivity index (χ0) is 24.7. The Balaban J connectivity index is 1.56. The van der Waals surface area contributed by atoms with Gasteiger partial charge in [0.15, 0.2) is 10.8 Å². The van der Waals surface area contributed by atoms with Crippen molar-refractivity contribution in [3.05, 3.63) is 62.5 Å². The minimum Gasteiger partial charge on any atom is -0.444 e. The first-order valence-corrected chi connectivity index (χ1v) is 12.9. The molecule has 1 amide bonds. The van der Waals surface area contributed by atoms with E-state index in [9.17, 15) is 9.18 Å². The molecule has 3 aliphatic rings. The van der Waals surface area contributed by atoms with Crippen LogP contribution in [0, 0.1) is 23.6 Å². The molecule has 1 saturated heterocycles. The summed E-state index contributed by atoms with van der Waals surface area (Å²) < 4.78 is 19.3. The number of ether oxygens (including phenoxy) is 1. The summed E-state index contributed by atoms with van der Waals surface area (Å²) in [6.07, 6.45) is 4.03. The molecule has 2 aromatic rings. The molecule has 9 heteroatoms. The SMILES string of the molecule is CC(C)(C)OC(=O)NC1CC2=C(C#CC3CC3)C(c3ccc(F)cc3Cl)N=C(c3nccs3)N2C1. The van der Waals surface area contributed by atoms with Crippen molar-refractivity contribution in [1.82, 2.24) is 15.2 Å². The maximum atomic E-state index is 13.9. The van der Waals surface area contributed by atoms with E-state index in [2.05, 4.69) is 27.0 Å². The Morgan fingerprint density at radius 3 is 2.80 bits per heavy atom. The number of benzene rings is 1. The maximum absolute atomic E-state index is 13.9. The van der Waals surface area contributed by atoms with Gasteiger partial charge in [-0.15, -0.1) is 11.3 Å². The number of nitrogens with one attached hydrogen (secondary N) is 1. The normalized spacial score (nSPS) is 21.7. The summed E-state index contributed by atoms with van der Waals surface area (Å²) in [5.41, 5.74) is 1.91. The first-order chi connectivity index (χ1) is 16.7. The van der Waals surface area contributed by atoms with E-state index in [1.54, 1.807) is 12.3 Å². The van der Waals surface area contributed by atoms with Gasteiger partial charge in [0.2, 0.25) is 0 Å². The third kappa shape index (κ3) is 5.36. The standard InChI is InChI=1S/C26H26ClFN4O2S/c1-26(2,3)34-25(33)30-17-13-21-19(8-6-15-4-5-15)22(18-9-7-16(28)12-20(18)27)31-23(32(21)14-17)24-29-10-11-35-24/h7,9-12,15,17,22H,4-5,13-14H2,1-3H3,(H,30,33). The molecular weight excluding hydrogens is 487 g/mol. The van der Waals surface area contributed by atoms with Crippen LogP contribution in [-0.2, 0) is 4.74 Å². The Bertz CT molecular complexity index is 1270. The molecule has 182 valence electrons.